The molecule has 1 N–H and O–H groups in total. The minimum Gasteiger partial charge on any atom is -0.340 e. The molecule has 0 radical (unpaired) electrons. The van der Waals surface area contributed by atoms with Crippen LogP contribution in [0.15, 0.2) is 0 Å². The predicted octanol–water partition coefficient (Wildman–Crippen LogP) is 2.31. The topological polar surface area (TPSA) is 32.3 Å². The van der Waals surface area contributed by atoms with Gasteiger partial charge in [0.15, 0.2) is 0 Å². The van der Waals surface area contributed by atoms with Gasteiger partial charge >= 0.3 is 0 Å². The van der Waals surface area contributed by atoms with Gasteiger partial charge in [-0.1, -0.05) is 0 Å². The Bertz CT molecular complexity index is 274. The SMILES string of the molecule is CC(C)(C)N[C@H]1CC[C@@H](N2CCCC2=O)CC1. The summed E-state index contributed by atoms with van der Waals surface area (Å²) in [5, 5.41) is 3.68. The molecule has 0 aromatic heterocycles. The van der Waals surface area contributed by atoms with Gasteiger partial charge in [0, 0.05) is 30.6 Å². The first kappa shape index (κ1) is 12.9. The lowest BCUT2D eigenvalue weighted by atomic mass is 9.89. The van der Waals surface area contributed by atoms with E-state index in [2.05, 4.69) is 31.0 Å². The monoisotopic (exact) mass is 238 g/mol. The number of carbonyl (C=O) groups is 1. The molecule has 1 aliphatic heterocycles. The van der Waals surface area contributed by atoms with Crippen LogP contribution in [-0.2, 0) is 4.79 Å². The third-order valence-electron chi connectivity index (χ3n) is 3.88. The molecule has 17 heavy (non-hydrogen) atoms. The first-order valence-corrected chi connectivity index (χ1v) is 7.03. The average Bonchev–Trinajstić information content (AvgIpc) is 2.63. The zero-order valence-corrected chi connectivity index (χ0v) is 11.5. The molecule has 3 nitrogen and oxygen atoms in total. The summed E-state index contributed by atoms with van der Waals surface area (Å²) >= 11 is 0. The quantitative estimate of drug-likeness (QED) is 0.800. The Morgan fingerprint density at radius 3 is 2.29 bits per heavy atom. The van der Waals surface area contributed by atoms with Gasteiger partial charge in [0.25, 0.3) is 0 Å². The minimum atomic E-state index is 0.209. The summed E-state index contributed by atoms with van der Waals surface area (Å²) in [7, 11) is 0. The molecular formula is C14H26N2O. The van der Waals surface area contributed by atoms with Gasteiger partial charge in [-0.15, -0.1) is 0 Å². The lowest BCUT2D eigenvalue weighted by molar-refractivity contribution is -0.130. The van der Waals surface area contributed by atoms with Gasteiger partial charge in [-0.2, -0.15) is 0 Å². The van der Waals surface area contributed by atoms with Crippen LogP contribution < -0.4 is 5.32 Å². The first-order valence-electron chi connectivity index (χ1n) is 7.03. The molecule has 1 saturated heterocycles. The number of rotatable bonds is 2. The molecule has 98 valence electrons. The van der Waals surface area contributed by atoms with Crippen molar-refractivity contribution in [3.63, 3.8) is 0 Å². The molecule has 1 saturated carbocycles. The highest BCUT2D eigenvalue weighted by atomic mass is 16.2. The Labute approximate surface area is 105 Å². The van der Waals surface area contributed by atoms with Gasteiger partial charge in [0.1, 0.15) is 0 Å². The van der Waals surface area contributed by atoms with E-state index in [1.165, 1.54) is 25.7 Å². The fourth-order valence-electron chi connectivity index (χ4n) is 3.20. The van der Waals surface area contributed by atoms with E-state index in [1.807, 2.05) is 0 Å². The smallest absolute Gasteiger partial charge is 0.222 e. The van der Waals surface area contributed by atoms with Crippen LogP contribution in [0.4, 0.5) is 0 Å². The molecule has 0 bridgehead atoms. The fourth-order valence-corrected chi connectivity index (χ4v) is 3.20. The lowest BCUT2D eigenvalue weighted by Crippen LogP contribution is -2.48. The molecule has 2 aliphatic rings. The third kappa shape index (κ3) is 3.44. The third-order valence-corrected chi connectivity index (χ3v) is 3.88. The van der Waals surface area contributed by atoms with E-state index in [-0.39, 0.29) is 5.54 Å². The number of amides is 1. The highest BCUT2D eigenvalue weighted by molar-refractivity contribution is 5.78. The highest BCUT2D eigenvalue weighted by Gasteiger charge is 2.32. The van der Waals surface area contributed by atoms with Crippen molar-refractivity contribution in [3.05, 3.63) is 0 Å². The van der Waals surface area contributed by atoms with Gasteiger partial charge in [-0.25, -0.2) is 0 Å². The van der Waals surface area contributed by atoms with Crippen molar-refractivity contribution in [3.8, 4) is 0 Å². The van der Waals surface area contributed by atoms with E-state index in [1.54, 1.807) is 0 Å². The largest absolute Gasteiger partial charge is 0.340 e. The van der Waals surface area contributed by atoms with E-state index in [9.17, 15) is 4.79 Å². The van der Waals surface area contributed by atoms with Crippen LogP contribution in [0, 0.1) is 0 Å². The van der Waals surface area contributed by atoms with Crippen LogP contribution in [0.3, 0.4) is 0 Å². The Morgan fingerprint density at radius 1 is 1.18 bits per heavy atom. The van der Waals surface area contributed by atoms with Gasteiger partial charge < -0.3 is 10.2 Å². The van der Waals surface area contributed by atoms with Crippen molar-refractivity contribution in [1.29, 1.82) is 0 Å². The lowest BCUT2D eigenvalue weighted by Gasteiger charge is -2.37. The summed E-state index contributed by atoms with van der Waals surface area (Å²) in [6.07, 6.45) is 6.63. The van der Waals surface area contributed by atoms with Crippen LogP contribution in [0.2, 0.25) is 0 Å². The van der Waals surface area contributed by atoms with Crippen molar-refractivity contribution in [1.82, 2.24) is 10.2 Å². The van der Waals surface area contributed by atoms with Gasteiger partial charge in [0.2, 0.25) is 5.91 Å². The summed E-state index contributed by atoms with van der Waals surface area (Å²) in [5.41, 5.74) is 0.209. The van der Waals surface area contributed by atoms with Gasteiger partial charge in [-0.05, 0) is 52.9 Å². The average molecular weight is 238 g/mol. The van der Waals surface area contributed by atoms with Gasteiger partial charge in [-0.3, -0.25) is 4.79 Å². The van der Waals surface area contributed by atoms with Crippen LogP contribution in [0.25, 0.3) is 0 Å². The molecule has 3 heteroatoms. The molecule has 2 rings (SSSR count). The molecule has 0 unspecified atom stereocenters. The second kappa shape index (κ2) is 4.97. The molecule has 0 aromatic rings. The second-order valence-corrected chi connectivity index (χ2v) is 6.59. The van der Waals surface area contributed by atoms with Crippen molar-refractivity contribution in [2.75, 3.05) is 6.54 Å². The molecule has 1 amide bonds. The summed E-state index contributed by atoms with van der Waals surface area (Å²) in [5.74, 6) is 0.386. The van der Waals surface area contributed by atoms with Gasteiger partial charge in [0.05, 0.1) is 0 Å². The molecule has 2 fully saturated rings. The molecule has 0 aromatic carbocycles. The zero-order chi connectivity index (χ0) is 12.5. The Balaban J connectivity index is 1.80. The molecular weight excluding hydrogens is 212 g/mol. The number of nitrogens with one attached hydrogen (secondary N) is 1. The van der Waals surface area contributed by atoms with Crippen molar-refractivity contribution in [2.24, 2.45) is 0 Å². The standard InChI is InChI=1S/C14H26N2O/c1-14(2,3)15-11-6-8-12(9-7-11)16-10-4-5-13(16)17/h11-12,15H,4-10H2,1-3H3/t11-,12+. The predicted molar refractivity (Wildman–Crippen MR) is 69.9 cm³/mol. The summed E-state index contributed by atoms with van der Waals surface area (Å²) in [6.45, 7) is 7.68. The highest BCUT2D eigenvalue weighted by Crippen LogP contribution is 2.27. The van der Waals surface area contributed by atoms with Crippen molar-refractivity contribution >= 4 is 5.91 Å². The van der Waals surface area contributed by atoms with Crippen LogP contribution >= 0.6 is 0 Å². The van der Waals surface area contributed by atoms with Crippen LogP contribution in [0.5, 0.6) is 0 Å². The maximum absolute atomic E-state index is 11.7. The van der Waals surface area contributed by atoms with E-state index in [4.69, 9.17) is 0 Å². The molecule has 1 aliphatic carbocycles. The van der Waals surface area contributed by atoms with E-state index in [0.717, 1.165) is 19.4 Å². The van der Waals surface area contributed by atoms with Crippen molar-refractivity contribution in [2.45, 2.75) is 76.9 Å². The van der Waals surface area contributed by atoms with Crippen LogP contribution in [-0.4, -0.2) is 35.0 Å². The summed E-state index contributed by atoms with van der Waals surface area (Å²) in [4.78, 5) is 13.8. The molecule has 0 atom stereocenters. The Kier molecular flexibility index (Phi) is 3.76. The van der Waals surface area contributed by atoms with E-state index in [0.29, 0.717) is 18.0 Å². The number of carbonyl (C=O) groups excluding carboxylic acids is 1. The summed E-state index contributed by atoms with van der Waals surface area (Å²) < 4.78 is 0. The number of hydrogen-bond donors (Lipinski definition) is 1. The number of likely N-dealkylation sites (tertiary alicyclic amines) is 1. The molecule has 1 heterocycles. The zero-order valence-electron chi connectivity index (χ0n) is 11.5. The number of nitrogens with zero attached hydrogens (tertiary/aromatic N) is 1. The normalized spacial score (nSPS) is 31.0. The second-order valence-electron chi connectivity index (χ2n) is 6.59. The Morgan fingerprint density at radius 2 is 1.82 bits per heavy atom. The maximum atomic E-state index is 11.7. The van der Waals surface area contributed by atoms with Crippen molar-refractivity contribution < 1.29 is 4.79 Å². The van der Waals surface area contributed by atoms with Crippen LogP contribution in [0.1, 0.15) is 59.3 Å². The van der Waals surface area contributed by atoms with E-state index < -0.39 is 0 Å². The fraction of sp³-hybridized carbons (Fsp3) is 0.929. The van der Waals surface area contributed by atoms with E-state index >= 15 is 0 Å². The maximum Gasteiger partial charge on any atom is 0.222 e. The minimum absolute atomic E-state index is 0.209. The Hall–Kier alpha value is -0.570. The first-order chi connectivity index (χ1) is 7.96. The number of hydrogen-bond acceptors (Lipinski definition) is 2. The molecule has 0 spiro atoms. The summed E-state index contributed by atoms with van der Waals surface area (Å²) in [6, 6.07) is 1.17.